The SMILES string of the molecule is O=C1Nc2ccccc2CN(Cc2ccccc2)C1/C=C/c1ccccc1. The molecule has 1 aliphatic rings. The van der Waals surface area contributed by atoms with E-state index in [1.165, 1.54) is 5.56 Å². The molecule has 1 heterocycles. The first-order valence-corrected chi connectivity index (χ1v) is 9.19. The molecular formula is C24H22N2O. The fourth-order valence-electron chi connectivity index (χ4n) is 3.42. The molecule has 0 aliphatic carbocycles. The van der Waals surface area contributed by atoms with E-state index in [9.17, 15) is 4.79 Å². The summed E-state index contributed by atoms with van der Waals surface area (Å²) in [4.78, 5) is 15.2. The lowest BCUT2D eigenvalue weighted by atomic mass is 10.1. The third-order valence-electron chi connectivity index (χ3n) is 4.81. The number of hydrogen-bond donors (Lipinski definition) is 1. The summed E-state index contributed by atoms with van der Waals surface area (Å²) in [7, 11) is 0. The van der Waals surface area contributed by atoms with Crippen LogP contribution in [0.1, 0.15) is 16.7 Å². The Labute approximate surface area is 160 Å². The molecule has 0 fully saturated rings. The standard InChI is InChI=1S/C24H22N2O/c27-24-23(16-15-19-9-3-1-4-10-19)26(17-20-11-5-2-6-12-20)18-21-13-7-8-14-22(21)25-24/h1-16,23H,17-18H2,(H,25,27)/b16-15+. The maximum atomic E-state index is 13.0. The lowest BCUT2D eigenvalue weighted by Crippen LogP contribution is -2.39. The Bertz CT molecular complexity index is 935. The number of amides is 1. The molecule has 27 heavy (non-hydrogen) atoms. The molecule has 134 valence electrons. The topological polar surface area (TPSA) is 32.3 Å². The minimum atomic E-state index is -0.335. The smallest absolute Gasteiger partial charge is 0.245 e. The Balaban J connectivity index is 1.67. The van der Waals surface area contributed by atoms with Crippen LogP contribution in [0.3, 0.4) is 0 Å². The van der Waals surface area contributed by atoms with E-state index < -0.39 is 0 Å². The molecule has 0 saturated carbocycles. The number of benzene rings is 3. The lowest BCUT2D eigenvalue weighted by molar-refractivity contribution is -0.119. The zero-order chi connectivity index (χ0) is 18.5. The van der Waals surface area contributed by atoms with Crippen molar-refractivity contribution >= 4 is 17.7 Å². The highest BCUT2D eigenvalue weighted by Gasteiger charge is 2.28. The average Bonchev–Trinajstić information content (AvgIpc) is 2.83. The van der Waals surface area contributed by atoms with Gasteiger partial charge < -0.3 is 5.32 Å². The van der Waals surface area contributed by atoms with Gasteiger partial charge in [0.25, 0.3) is 0 Å². The summed E-state index contributed by atoms with van der Waals surface area (Å²) < 4.78 is 0. The van der Waals surface area contributed by atoms with Crippen LogP contribution in [-0.2, 0) is 17.9 Å². The Kier molecular flexibility index (Phi) is 5.13. The lowest BCUT2D eigenvalue weighted by Gasteiger charge is -2.26. The van der Waals surface area contributed by atoms with E-state index in [-0.39, 0.29) is 11.9 Å². The second kappa shape index (κ2) is 8.02. The van der Waals surface area contributed by atoms with Crippen LogP contribution in [0.4, 0.5) is 5.69 Å². The molecule has 1 aliphatic heterocycles. The number of hydrogen-bond acceptors (Lipinski definition) is 2. The summed E-state index contributed by atoms with van der Waals surface area (Å²) in [5.41, 5.74) is 4.32. The highest BCUT2D eigenvalue weighted by atomic mass is 16.2. The fourth-order valence-corrected chi connectivity index (χ4v) is 3.42. The molecule has 1 unspecified atom stereocenters. The molecule has 3 aromatic carbocycles. The van der Waals surface area contributed by atoms with E-state index in [0.717, 1.165) is 16.8 Å². The van der Waals surface area contributed by atoms with Gasteiger partial charge in [0.2, 0.25) is 5.91 Å². The minimum absolute atomic E-state index is 0.00284. The normalized spacial score (nSPS) is 17.3. The summed E-state index contributed by atoms with van der Waals surface area (Å²) in [6.45, 7) is 1.43. The predicted molar refractivity (Wildman–Crippen MR) is 110 cm³/mol. The number of rotatable bonds is 4. The molecule has 1 atom stereocenters. The van der Waals surface area contributed by atoms with Crippen molar-refractivity contribution in [2.75, 3.05) is 5.32 Å². The van der Waals surface area contributed by atoms with Crippen molar-refractivity contribution in [2.45, 2.75) is 19.1 Å². The molecule has 0 spiro atoms. The molecule has 0 saturated heterocycles. The first-order valence-electron chi connectivity index (χ1n) is 9.19. The summed E-state index contributed by atoms with van der Waals surface area (Å²) >= 11 is 0. The third kappa shape index (κ3) is 4.15. The van der Waals surface area contributed by atoms with Crippen LogP contribution in [0.15, 0.2) is 91.0 Å². The van der Waals surface area contributed by atoms with Crippen LogP contribution in [-0.4, -0.2) is 16.8 Å². The van der Waals surface area contributed by atoms with E-state index >= 15 is 0 Å². The van der Waals surface area contributed by atoms with Gasteiger partial charge in [-0.2, -0.15) is 0 Å². The first-order chi connectivity index (χ1) is 13.3. The maximum Gasteiger partial charge on any atom is 0.245 e. The largest absolute Gasteiger partial charge is 0.324 e. The first kappa shape index (κ1) is 17.3. The van der Waals surface area contributed by atoms with Crippen LogP contribution in [0.5, 0.6) is 0 Å². The van der Waals surface area contributed by atoms with Gasteiger partial charge in [0.05, 0.1) is 0 Å². The highest BCUT2D eigenvalue weighted by Crippen LogP contribution is 2.25. The monoisotopic (exact) mass is 354 g/mol. The number of fused-ring (bicyclic) bond motifs is 1. The average molecular weight is 354 g/mol. The van der Waals surface area contributed by atoms with Crippen molar-refractivity contribution in [1.29, 1.82) is 0 Å². The number of anilines is 1. The zero-order valence-electron chi connectivity index (χ0n) is 15.1. The van der Waals surface area contributed by atoms with Crippen LogP contribution >= 0.6 is 0 Å². The molecule has 0 aromatic heterocycles. The van der Waals surface area contributed by atoms with Crippen molar-refractivity contribution < 1.29 is 4.79 Å². The summed E-state index contributed by atoms with van der Waals surface area (Å²) in [5.74, 6) is 0.00284. The number of nitrogens with one attached hydrogen (secondary N) is 1. The number of nitrogens with zero attached hydrogens (tertiary/aromatic N) is 1. The maximum absolute atomic E-state index is 13.0. The van der Waals surface area contributed by atoms with Gasteiger partial charge >= 0.3 is 0 Å². The van der Waals surface area contributed by atoms with Crippen molar-refractivity contribution in [3.05, 3.63) is 108 Å². The molecular weight excluding hydrogens is 332 g/mol. The van der Waals surface area contributed by atoms with Crippen LogP contribution in [0.2, 0.25) is 0 Å². The molecule has 3 heteroatoms. The summed E-state index contributed by atoms with van der Waals surface area (Å²) in [6.07, 6.45) is 4.03. The second-order valence-electron chi connectivity index (χ2n) is 6.75. The molecule has 4 rings (SSSR count). The van der Waals surface area contributed by atoms with Gasteiger partial charge in [-0.15, -0.1) is 0 Å². The fraction of sp³-hybridized carbons (Fsp3) is 0.125. The van der Waals surface area contributed by atoms with Crippen molar-refractivity contribution in [1.82, 2.24) is 4.90 Å². The van der Waals surface area contributed by atoms with E-state index in [1.807, 2.05) is 78.9 Å². The Morgan fingerprint density at radius 1 is 0.889 bits per heavy atom. The van der Waals surface area contributed by atoms with Gasteiger partial charge in [-0.3, -0.25) is 9.69 Å². The van der Waals surface area contributed by atoms with Crippen LogP contribution in [0.25, 0.3) is 6.08 Å². The zero-order valence-corrected chi connectivity index (χ0v) is 15.1. The van der Waals surface area contributed by atoms with Crippen molar-refractivity contribution in [3.8, 4) is 0 Å². The van der Waals surface area contributed by atoms with E-state index in [1.54, 1.807) is 0 Å². The second-order valence-corrected chi connectivity index (χ2v) is 6.75. The van der Waals surface area contributed by atoms with E-state index in [0.29, 0.717) is 13.1 Å². The van der Waals surface area contributed by atoms with Gasteiger partial charge in [-0.05, 0) is 22.8 Å². The Morgan fingerprint density at radius 2 is 1.56 bits per heavy atom. The minimum Gasteiger partial charge on any atom is -0.324 e. The Hall–Kier alpha value is -3.17. The molecule has 3 nitrogen and oxygen atoms in total. The number of para-hydroxylation sites is 1. The number of carbonyl (C=O) groups excluding carboxylic acids is 1. The van der Waals surface area contributed by atoms with Crippen LogP contribution < -0.4 is 5.32 Å². The Morgan fingerprint density at radius 3 is 2.33 bits per heavy atom. The number of carbonyl (C=O) groups is 1. The van der Waals surface area contributed by atoms with E-state index in [2.05, 4.69) is 28.4 Å². The van der Waals surface area contributed by atoms with Gasteiger partial charge in [-0.1, -0.05) is 91.0 Å². The molecule has 1 N–H and O–H groups in total. The predicted octanol–water partition coefficient (Wildman–Crippen LogP) is 4.72. The van der Waals surface area contributed by atoms with Gasteiger partial charge in [-0.25, -0.2) is 0 Å². The van der Waals surface area contributed by atoms with Gasteiger partial charge in [0, 0.05) is 18.8 Å². The van der Waals surface area contributed by atoms with Crippen LogP contribution in [0, 0.1) is 0 Å². The van der Waals surface area contributed by atoms with Gasteiger partial charge in [0.1, 0.15) is 6.04 Å². The van der Waals surface area contributed by atoms with Crippen molar-refractivity contribution in [3.63, 3.8) is 0 Å². The molecule has 0 bridgehead atoms. The third-order valence-corrected chi connectivity index (χ3v) is 4.81. The summed E-state index contributed by atoms with van der Waals surface area (Å²) in [6, 6.07) is 28.1. The van der Waals surface area contributed by atoms with Gasteiger partial charge in [0.15, 0.2) is 0 Å². The highest BCUT2D eigenvalue weighted by molar-refractivity contribution is 5.98. The molecule has 1 amide bonds. The molecule has 3 aromatic rings. The molecule has 0 radical (unpaired) electrons. The van der Waals surface area contributed by atoms with Crippen molar-refractivity contribution in [2.24, 2.45) is 0 Å². The quantitative estimate of drug-likeness (QED) is 0.735. The van der Waals surface area contributed by atoms with E-state index in [4.69, 9.17) is 0 Å². The summed E-state index contributed by atoms with van der Waals surface area (Å²) in [5, 5.41) is 3.09.